The summed E-state index contributed by atoms with van der Waals surface area (Å²) in [7, 11) is 0. The molecule has 1 fully saturated rings. The predicted molar refractivity (Wildman–Crippen MR) is 49.1 cm³/mol. The molecule has 0 aliphatic carbocycles. The molecule has 0 spiro atoms. The molecule has 1 saturated heterocycles. The van der Waals surface area contributed by atoms with Crippen LogP contribution in [0.25, 0.3) is 0 Å². The number of carbonyl (C=O) groups is 2. The first-order valence-corrected chi connectivity index (χ1v) is 4.21. The molecule has 0 saturated carbocycles. The summed E-state index contributed by atoms with van der Waals surface area (Å²) in [5.41, 5.74) is 0. The van der Waals surface area contributed by atoms with Crippen LogP contribution < -0.4 is 40.0 Å². The molecule has 1 aromatic rings. The topological polar surface area (TPSA) is 85.0 Å². The molecule has 2 rings (SSSR count). The third-order valence-electron chi connectivity index (χ3n) is 1.40. The van der Waals surface area contributed by atoms with E-state index in [9.17, 15) is 4.79 Å². The standard InChI is InChI=1S/C4H7NO.C4H5N.CH2O2.Na/c6-4-2-1-3-5-4;1-2-4-5-3-1;2-1-3;/h1-3H2,(H,5,6);1-5H;1H,(H,2,3);/q;;;+1/p-1. The SMILES string of the molecule is O=C1CCCN1.O=C[O-].[Na+].c1cc[nH]c1. The van der Waals surface area contributed by atoms with E-state index in [4.69, 9.17) is 9.90 Å². The minimum absolute atomic E-state index is 0. The fourth-order valence-corrected chi connectivity index (χ4v) is 0.843. The van der Waals surface area contributed by atoms with Crippen LogP contribution in [0.3, 0.4) is 0 Å². The van der Waals surface area contributed by atoms with Gasteiger partial charge >= 0.3 is 29.6 Å². The minimum atomic E-state index is -0.500. The van der Waals surface area contributed by atoms with E-state index in [1.165, 1.54) is 0 Å². The van der Waals surface area contributed by atoms with E-state index in [1.807, 2.05) is 24.5 Å². The number of hydrogen-bond acceptors (Lipinski definition) is 3. The van der Waals surface area contributed by atoms with E-state index in [1.54, 1.807) is 0 Å². The van der Waals surface area contributed by atoms with E-state index in [0.717, 1.165) is 19.4 Å². The van der Waals surface area contributed by atoms with E-state index < -0.39 is 6.47 Å². The van der Waals surface area contributed by atoms with Gasteiger partial charge in [-0.05, 0) is 18.6 Å². The van der Waals surface area contributed by atoms with Crippen LogP contribution in [0, 0.1) is 0 Å². The molecule has 0 aromatic carbocycles. The second-order valence-corrected chi connectivity index (χ2v) is 2.43. The Morgan fingerprint density at radius 1 is 1.33 bits per heavy atom. The fraction of sp³-hybridized carbons (Fsp3) is 0.333. The second-order valence-electron chi connectivity index (χ2n) is 2.43. The number of aromatic amines is 1. The van der Waals surface area contributed by atoms with Crippen molar-refractivity contribution >= 4 is 12.4 Å². The number of aromatic nitrogens is 1. The van der Waals surface area contributed by atoms with Crippen LogP contribution in [0.15, 0.2) is 24.5 Å². The van der Waals surface area contributed by atoms with Gasteiger partial charge in [-0.15, -0.1) is 0 Å². The molecule has 6 heteroatoms. The molecule has 1 amide bonds. The Kier molecular flexibility index (Phi) is 14.7. The average Bonchev–Trinajstić information content (AvgIpc) is 2.78. The third kappa shape index (κ3) is 13.2. The Labute approximate surface area is 111 Å². The van der Waals surface area contributed by atoms with Crippen LogP contribution in [0.2, 0.25) is 0 Å². The fourth-order valence-electron chi connectivity index (χ4n) is 0.843. The van der Waals surface area contributed by atoms with E-state index in [2.05, 4.69) is 10.3 Å². The van der Waals surface area contributed by atoms with Crippen molar-refractivity contribution in [3.8, 4) is 0 Å². The van der Waals surface area contributed by atoms with E-state index in [-0.39, 0.29) is 35.5 Å². The average molecular weight is 220 g/mol. The molecule has 2 N–H and O–H groups in total. The predicted octanol–water partition coefficient (Wildman–Crippen LogP) is -3.72. The Balaban J connectivity index is 0. The van der Waals surface area contributed by atoms with Crippen molar-refractivity contribution in [2.24, 2.45) is 0 Å². The molecule has 0 unspecified atom stereocenters. The number of H-pyrrole nitrogens is 1. The van der Waals surface area contributed by atoms with Crippen LogP contribution in [-0.2, 0) is 9.59 Å². The summed E-state index contributed by atoms with van der Waals surface area (Å²) < 4.78 is 0. The summed E-state index contributed by atoms with van der Waals surface area (Å²) in [5.74, 6) is 0.204. The van der Waals surface area contributed by atoms with E-state index in [0.29, 0.717) is 0 Å². The van der Waals surface area contributed by atoms with Crippen LogP contribution in [0.1, 0.15) is 12.8 Å². The van der Waals surface area contributed by atoms with Crippen molar-refractivity contribution in [1.82, 2.24) is 10.3 Å². The van der Waals surface area contributed by atoms with Crippen LogP contribution >= 0.6 is 0 Å². The molecule has 2 heterocycles. The first kappa shape index (κ1) is 16.6. The summed E-state index contributed by atoms with van der Waals surface area (Å²) >= 11 is 0. The Bertz CT molecular complexity index is 214. The summed E-state index contributed by atoms with van der Waals surface area (Å²) in [6.45, 7) is 0.388. The number of hydrogen-bond donors (Lipinski definition) is 2. The maximum Gasteiger partial charge on any atom is 1.00 e. The number of amides is 1. The van der Waals surface area contributed by atoms with Crippen LogP contribution in [0.5, 0.6) is 0 Å². The molecule has 1 aliphatic rings. The van der Waals surface area contributed by atoms with Gasteiger partial charge < -0.3 is 20.2 Å². The Hall–Kier alpha value is -0.780. The molecular weight excluding hydrogens is 207 g/mol. The quantitative estimate of drug-likeness (QED) is 0.348. The van der Waals surface area contributed by atoms with Crippen LogP contribution in [-0.4, -0.2) is 23.9 Å². The van der Waals surface area contributed by atoms with Gasteiger partial charge in [-0.2, -0.15) is 0 Å². The summed E-state index contributed by atoms with van der Waals surface area (Å²) in [5, 5.41) is 10.9. The summed E-state index contributed by atoms with van der Waals surface area (Å²) in [6.07, 6.45) is 5.51. The zero-order valence-electron chi connectivity index (χ0n) is 8.73. The molecular formula is C9H13N2NaO3. The first-order valence-electron chi connectivity index (χ1n) is 4.21. The van der Waals surface area contributed by atoms with Crippen molar-refractivity contribution < 1.29 is 44.3 Å². The number of carboxylic acid groups (broad SMARTS) is 1. The normalized spacial score (nSPS) is 11.9. The van der Waals surface area contributed by atoms with Gasteiger partial charge in [-0.25, -0.2) is 0 Å². The van der Waals surface area contributed by atoms with E-state index >= 15 is 0 Å². The zero-order chi connectivity index (χ0) is 10.6. The molecule has 15 heavy (non-hydrogen) atoms. The maximum absolute atomic E-state index is 10.1. The molecule has 78 valence electrons. The van der Waals surface area contributed by atoms with Gasteiger partial charge in [-0.1, -0.05) is 0 Å². The van der Waals surface area contributed by atoms with Gasteiger partial charge in [0.15, 0.2) is 0 Å². The van der Waals surface area contributed by atoms with Gasteiger partial charge in [0.25, 0.3) is 0 Å². The number of rotatable bonds is 0. The van der Waals surface area contributed by atoms with Crippen molar-refractivity contribution in [1.29, 1.82) is 0 Å². The first-order chi connectivity index (χ1) is 6.81. The second kappa shape index (κ2) is 13.2. The Morgan fingerprint density at radius 3 is 2.00 bits per heavy atom. The van der Waals surface area contributed by atoms with Gasteiger partial charge in [-0.3, -0.25) is 4.79 Å². The van der Waals surface area contributed by atoms with Crippen molar-refractivity contribution in [3.05, 3.63) is 24.5 Å². The zero-order valence-corrected chi connectivity index (χ0v) is 10.7. The molecule has 0 atom stereocenters. The molecule has 1 aromatic heterocycles. The van der Waals surface area contributed by atoms with Gasteiger partial charge in [0.05, 0.1) is 0 Å². The Morgan fingerprint density at radius 2 is 1.87 bits per heavy atom. The smallest absolute Gasteiger partial charge is 0.554 e. The van der Waals surface area contributed by atoms with Crippen molar-refractivity contribution in [3.63, 3.8) is 0 Å². The molecule has 0 radical (unpaired) electrons. The van der Waals surface area contributed by atoms with Gasteiger partial charge in [0, 0.05) is 31.8 Å². The van der Waals surface area contributed by atoms with Crippen molar-refractivity contribution in [2.75, 3.05) is 6.54 Å². The molecule has 5 nitrogen and oxygen atoms in total. The van der Waals surface area contributed by atoms with Gasteiger partial charge in [0.2, 0.25) is 5.91 Å². The number of nitrogens with one attached hydrogen (secondary N) is 2. The third-order valence-corrected chi connectivity index (χ3v) is 1.40. The summed E-state index contributed by atoms with van der Waals surface area (Å²) in [6, 6.07) is 3.89. The number of carbonyl (C=O) groups excluding carboxylic acids is 2. The monoisotopic (exact) mass is 220 g/mol. The maximum atomic E-state index is 10.1. The largest absolute Gasteiger partial charge is 1.00 e. The molecule has 0 bridgehead atoms. The minimum Gasteiger partial charge on any atom is -0.554 e. The molecule has 1 aliphatic heterocycles. The van der Waals surface area contributed by atoms with Crippen LogP contribution in [0.4, 0.5) is 0 Å². The van der Waals surface area contributed by atoms with Crippen molar-refractivity contribution in [2.45, 2.75) is 12.8 Å². The van der Waals surface area contributed by atoms with Gasteiger partial charge in [0.1, 0.15) is 0 Å². The summed E-state index contributed by atoms with van der Waals surface area (Å²) in [4.78, 5) is 21.2.